The second-order valence-corrected chi connectivity index (χ2v) is 8.64. The molecule has 3 fully saturated rings. The number of morpholine rings is 1. The number of hydrogen-bond donors (Lipinski definition) is 0. The molecule has 1 spiro atoms. The average molecular weight is 421 g/mol. The van der Waals surface area contributed by atoms with Crippen LogP contribution in [0.15, 0.2) is 48.8 Å². The van der Waals surface area contributed by atoms with Gasteiger partial charge < -0.3 is 19.3 Å². The Morgan fingerprint density at radius 2 is 2.06 bits per heavy atom. The van der Waals surface area contributed by atoms with Crippen LogP contribution in [0.25, 0.3) is 0 Å². The van der Waals surface area contributed by atoms with Crippen LogP contribution in [0.4, 0.5) is 0 Å². The number of aromatic nitrogens is 1. The third kappa shape index (κ3) is 3.67. The number of pyridine rings is 1. The van der Waals surface area contributed by atoms with Crippen LogP contribution in [-0.4, -0.2) is 65.6 Å². The van der Waals surface area contributed by atoms with Crippen molar-refractivity contribution in [3.63, 3.8) is 0 Å². The van der Waals surface area contributed by atoms with Crippen molar-refractivity contribution in [1.29, 1.82) is 0 Å². The number of methoxy groups -OCH3 is 1. The van der Waals surface area contributed by atoms with E-state index in [1.54, 1.807) is 19.5 Å². The molecule has 2 amide bonds. The lowest BCUT2D eigenvalue weighted by atomic mass is 9.83. The van der Waals surface area contributed by atoms with Crippen molar-refractivity contribution in [2.75, 3.05) is 33.4 Å². The lowest BCUT2D eigenvalue weighted by molar-refractivity contribution is -0.173. The summed E-state index contributed by atoms with van der Waals surface area (Å²) in [6.07, 6.45) is 5.39. The molecule has 0 N–H and O–H groups in total. The fourth-order valence-electron chi connectivity index (χ4n) is 4.77. The molecule has 3 aliphatic rings. The fraction of sp³-hybridized carbons (Fsp3) is 0.458. The largest absolute Gasteiger partial charge is 0.497 e. The standard InChI is InChI=1S/C24H27N3O4/c1-30-20-8-4-17(5-9-20)14-26-11-12-31-24(23(26)29)16-27(22(28)18-6-7-18)15-21(24)19-3-2-10-25-13-19/h2-5,8-10,13,18,21H,6-7,11-12,14-16H2,1H3. The predicted octanol–water partition coefficient (Wildman–Crippen LogP) is 2.22. The van der Waals surface area contributed by atoms with Crippen molar-refractivity contribution >= 4 is 11.8 Å². The van der Waals surface area contributed by atoms with Gasteiger partial charge in [0.15, 0.2) is 5.60 Å². The zero-order valence-corrected chi connectivity index (χ0v) is 17.7. The Labute approximate surface area is 182 Å². The van der Waals surface area contributed by atoms with E-state index in [0.717, 1.165) is 29.7 Å². The molecule has 1 aliphatic carbocycles. The minimum absolute atomic E-state index is 0.0467. The van der Waals surface area contributed by atoms with Crippen LogP contribution in [0.3, 0.4) is 0 Å². The summed E-state index contributed by atoms with van der Waals surface area (Å²) >= 11 is 0. The van der Waals surface area contributed by atoms with Gasteiger partial charge in [0.1, 0.15) is 5.75 Å². The second-order valence-electron chi connectivity index (χ2n) is 8.64. The maximum atomic E-state index is 13.8. The van der Waals surface area contributed by atoms with E-state index in [1.165, 1.54) is 0 Å². The van der Waals surface area contributed by atoms with Crippen LogP contribution < -0.4 is 4.74 Å². The smallest absolute Gasteiger partial charge is 0.257 e. The number of benzene rings is 1. The van der Waals surface area contributed by atoms with E-state index >= 15 is 0 Å². The number of rotatable bonds is 5. The Balaban J connectivity index is 1.43. The molecule has 0 radical (unpaired) electrons. The van der Waals surface area contributed by atoms with Gasteiger partial charge in [0.25, 0.3) is 5.91 Å². The Hall–Kier alpha value is -2.93. The van der Waals surface area contributed by atoms with E-state index in [4.69, 9.17) is 9.47 Å². The zero-order valence-electron chi connectivity index (χ0n) is 17.7. The lowest BCUT2D eigenvalue weighted by Gasteiger charge is -2.42. The number of carbonyl (C=O) groups excluding carboxylic acids is 2. The summed E-state index contributed by atoms with van der Waals surface area (Å²) in [5.41, 5.74) is 0.916. The highest BCUT2D eigenvalue weighted by Crippen LogP contribution is 2.44. The summed E-state index contributed by atoms with van der Waals surface area (Å²) in [6, 6.07) is 11.6. The molecule has 7 heteroatoms. The quantitative estimate of drug-likeness (QED) is 0.740. The molecule has 7 nitrogen and oxygen atoms in total. The fourth-order valence-corrected chi connectivity index (χ4v) is 4.77. The molecule has 2 aromatic rings. The van der Waals surface area contributed by atoms with E-state index in [-0.39, 0.29) is 23.7 Å². The Kier molecular flexibility index (Phi) is 5.14. The molecule has 2 aliphatic heterocycles. The highest BCUT2D eigenvalue weighted by atomic mass is 16.5. The van der Waals surface area contributed by atoms with Gasteiger partial charge in [-0.05, 0) is 42.2 Å². The molecule has 2 unspecified atom stereocenters. The van der Waals surface area contributed by atoms with Crippen molar-refractivity contribution in [3.8, 4) is 5.75 Å². The number of likely N-dealkylation sites (tertiary alicyclic amines) is 1. The van der Waals surface area contributed by atoms with Crippen molar-refractivity contribution in [3.05, 3.63) is 59.9 Å². The molecular formula is C24H27N3O4. The second kappa shape index (κ2) is 7.96. The van der Waals surface area contributed by atoms with E-state index in [2.05, 4.69) is 4.98 Å². The van der Waals surface area contributed by atoms with Gasteiger partial charge in [-0.15, -0.1) is 0 Å². The normalized spacial score (nSPS) is 25.8. The van der Waals surface area contributed by atoms with Crippen LogP contribution in [0.1, 0.15) is 29.9 Å². The first-order valence-corrected chi connectivity index (χ1v) is 10.9. The summed E-state index contributed by atoms with van der Waals surface area (Å²) in [5.74, 6) is 0.771. The minimum Gasteiger partial charge on any atom is -0.497 e. The zero-order chi connectivity index (χ0) is 21.4. The van der Waals surface area contributed by atoms with E-state index in [0.29, 0.717) is 32.8 Å². The van der Waals surface area contributed by atoms with E-state index < -0.39 is 5.60 Å². The first-order valence-electron chi connectivity index (χ1n) is 10.9. The molecule has 2 atom stereocenters. The van der Waals surface area contributed by atoms with Crippen molar-refractivity contribution in [1.82, 2.24) is 14.8 Å². The minimum atomic E-state index is -1.06. The van der Waals surface area contributed by atoms with Crippen molar-refractivity contribution < 1.29 is 19.1 Å². The highest BCUT2D eigenvalue weighted by Gasteiger charge is 2.58. The average Bonchev–Trinajstić information content (AvgIpc) is 3.59. The number of nitrogens with zero attached hydrogens (tertiary/aromatic N) is 3. The van der Waals surface area contributed by atoms with Gasteiger partial charge in [-0.25, -0.2) is 0 Å². The molecule has 0 bridgehead atoms. The first-order chi connectivity index (χ1) is 15.1. The number of hydrogen-bond acceptors (Lipinski definition) is 5. The predicted molar refractivity (Wildman–Crippen MR) is 113 cm³/mol. The van der Waals surface area contributed by atoms with Gasteiger partial charge in [-0.3, -0.25) is 14.6 Å². The van der Waals surface area contributed by atoms with Crippen molar-refractivity contribution in [2.24, 2.45) is 5.92 Å². The van der Waals surface area contributed by atoms with Gasteiger partial charge in [-0.2, -0.15) is 0 Å². The summed E-state index contributed by atoms with van der Waals surface area (Å²) in [4.78, 5) is 34.7. The number of amides is 2. The highest BCUT2D eigenvalue weighted by molar-refractivity contribution is 5.90. The molecule has 1 aromatic carbocycles. The summed E-state index contributed by atoms with van der Waals surface area (Å²) in [7, 11) is 1.64. The molecule has 2 saturated heterocycles. The van der Waals surface area contributed by atoms with Gasteiger partial charge in [0.2, 0.25) is 5.91 Å². The summed E-state index contributed by atoms with van der Waals surface area (Å²) in [5, 5.41) is 0. The lowest BCUT2D eigenvalue weighted by Crippen LogP contribution is -2.60. The Morgan fingerprint density at radius 3 is 2.74 bits per heavy atom. The number of ether oxygens (including phenoxy) is 2. The topological polar surface area (TPSA) is 72.0 Å². The molecule has 31 heavy (non-hydrogen) atoms. The number of carbonyl (C=O) groups is 2. The van der Waals surface area contributed by atoms with Crippen LogP contribution in [-0.2, 0) is 20.9 Å². The Morgan fingerprint density at radius 1 is 1.26 bits per heavy atom. The van der Waals surface area contributed by atoms with E-state index in [1.807, 2.05) is 46.2 Å². The maximum absolute atomic E-state index is 13.8. The Bertz CT molecular complexity index is 961. The van der Waals surface area contributed by atoms with Gasteiger partial charge in [0, 0.05) is 43.9 Å². The van der Waals surface area contributed by atoms with Crippen LogP contribution >= 0.6 is 0 Å². The SMILES string of the molecule is COc1ccc(CN2CCOC3(CN(C(=O)C4CC4)CC3c3cccnc3)C2=O)cc1. The maximum Gasteiger partial charge on any atom is 0.257 e. The van der Waals surface area contributed by atoms with Crippen LogP contribution in [0, 0.1) is 5.92 Å². The van der Waals surface area contributed by atoms with Gasteiger partial charge in [0.05, 0.1) is 20.3 Å². The summed E-state index contributed by atoms with van der Waals surface area (Å²) in [6.45, 7) is 2.28. The molecule has 1 saturated carbocycles. The van der Waals surface area contributed by atoms with Gasteiger partial charge in [-0.1, -0.05) is 18.2 Å². The summed E-state index contributed by atoms with van der Waals surface area (Å²) < 4.78 is 11.5. The monoisotopic (exact) mass is 421 g/mol. The third-order valence-electron chi connectivity index (χ3n) is 6.62. The molecule has 1 aromatic heterocycles. The third-order valence-corrected chi connectivity index (χ3v) is 6.62. The van der Waals surface area contributed by atoms with E-state index in [9.17, 15) is 9.59 Å². The van der Waals surface area contributed by atoms with Crippen molar-refractivity contribution in [2.45, 2.75) is 30.9 Å². The first kappa shape index (κ1) is 20.0. The molecule has 3 heterocycles. The van der Waals surface area contributed by atoms with Crippen LogP contribution in [0.2, 0.25) is 0 Å². The van der Waals surface area contributed by atoms with Gasteiger partial charge >= 0.3 is 0 Å². The molecule has 5 rings (SSSR count). The molecular weight excluding hydrogens is 394 g/mol. The molecule has 162 valence electrons. The van der Waals surface area contributed by atoms with Crippen LogP contribution in [0.5, 0.6) is 5.75 Å².